The first-order valence-corrected chi connectivity index (χ1v) is 10.7. The van der Waals surface area contributed by atoms with E-state index in [2.05, 4.69) is 30.7 Å². The van der Waals surface area contributed by atoms with E-state index in [1.54, 1.807) is 31.4 Å². The smallest absolute Gasteiger partial charge is 0.240 e. The minimum atomic E-state index is -3.62. The van der Waals surface area contributed by atoms with E-state index in [4.69, 9.17) is 9.47 Å². The third kappa shape index (κ3) is 4.69. The Morgan fingerprint density at radius 2 is 1.63 bits per heavy atom. The molecule has 0 unspecified atom stereocenters. The van der Waals surface area contributed by atoms with Crippen molar-refractivity contribution in [2.24, 2.45) is 5.92 Å². The Hall–Kier alpha value is -1.89. The zero-order valence-corrected chi connectivity index (χ0v) is 16.9. The van der Waals surface area contributed by atoms with Gasteiger partial charge >= 0.3 is 0 Å². The standard InChI is InChI=1S/C21H27NO4S/c1-16(2)14-26-19-8-10-20(11-9-19)27(23,24)22-15-21(25-3)12-17-6-4-5-7-18(17)13-21/h4-11,16,22H,12-15H2,1-3H3. The summed E-state index contributed by atoms with van der Waals surface area (Å²) in [6.07, 6.45) is 1.40. The van der Waals surface area contributed by atoms with E-state index in [1.807, 2.05) is 12.1 Å². The average Bonchev–Trinajstić information content (AvgIpc) is 3.04. The molecule has 0 radical (unpaired) electrons. The van der Waals surface area contributed by atoms with Crippen LogP contribution in [-0.2, 0) is 27.6 Å². The van der Waals surface area contributed by atoms with Crippen molar-refractivity contribution < 1.29 is 17.9 Å². The van der Waals surface area contributed by atoms with E-state index in [0.29, 0.717) is 31.1 Å². The minimum Gasteiger partial charge on any atom is -0.493 e. The fourth-order valence-electron chi connectivity index (χ4n) is 3.29. The molecule has 27 heavy (non-hydrogen) atoms. The van der Waals surface area contributed by atoms with E-state index in [1.165, 1.54) is 11.1 Å². The molecule has 0 aromatic heterocycles. The first-order chi connectivity index (χ1) is 12.8. The van der Waals surface area contributed by atoms with Crippen molar-refractivity contribution in [2.45, 2.75) is 37.2 Å². The minimum absolute atomic E-state index is 0.223. The highest BCUT2D eigenvalue weighted by Gasteiger charge is 2.38. The number of ether oxygens (including phenoxy) is 2. The van der Waals surface area contributed by atoms with Gasteiger partial charge in [0.1, 0.15) is 5.75 Å². The predicted octanol–water partition coefficient (Wildman–Crippen LogP) is 3.18. The van der Waals surface area contributed by atoms with Gasteiger partial charge in [0.05, 0.1) is 17.1 Å². The molecule has 0 atom stereocenters. The molecule has 2 aromatic rings. The van der Waals surface area contributed by atoms with Crippen LogP contribution in [0.1, 0.15) is 25.0 Å². The van der Waals surface area contributed by atoms with Crippen molar-refractivity contribution in [1.29, 1.82) is 0 Å². The summed E-state index contributed by atoms with van der Waals surface area (Å²) in [6.45, 7) is 4.96. The number of rotatable bonds is 8. The summed E-state index contributed by atoms with van der Waals surface area (Å²) in [5.41, 5.74) is 1.88. The fourth-order valence-corrected chi connectivity index (χ4v) is 4.40. The van der Waals surface area contributed by atoms with Crippen LogP contribution in [0.3, 0.4) is 0 Å². The number of nitrogens with one attached hydrogen (secondary N) is 1. The third-order valence-corrected chi connectivity index (χ3v) is 6.30. The van der Waals surface area contributed by atoms with Crippen molar-refractivity contribution in [3.63, 3.8) is 0 Å². The molecular weight excluding hydrogens is 362 g/mol. The van der Waals surface area contributed by atoms with Crippen molar-refractivity contribution >= 4 is 10.0 Å². The van der Waals surface area contributed by atoms with E-state index in [9.17, 15) is 8.42 Å². The molecule has 6 heteroatoms. The van der Waals surface area contributed by atoms with E-state index >= 15 is 0 Å². The molecule has 0 bridgehead atoms. The lowest BCUT2D eigenvalue weighted by atomic mass is 10.0. The summed E-state index contributed by atoms with van der Waals surface area (Å²) in [4.78, 5) is 0.223. The highest BCUT2D eigenvalue weighted by atomic mass is 32.2. The van der Waals surface area contributed by atoms with Crippen molar-refractivity contribution in [1.82, 2.24) is 4.72 Å². The third-order valence-electron chi connectivity index (χ3n) is 4.88. The SMILES string of the molecule is COC1(CNS(=O)(=O)c2ccc(OCC(C)C)cc2)Cc2ccccc2C1. The first kappa shape index (κ1) is 19.9. The highest BCUT2D eigenvalue weighted by molar-refractivity contribution is 7.89. The van der Waals surface area contributed by atoms with Gasteiger partial charge in [0, 0.05) is 26.5 Å². The van der Waals surface area contributed by atoms with Gasteiger partial charge < -0.3 is 9.47 Å². The monoisotopic (exact) mass is 389 g/mol. The largest absolute Gasteiger partial charge is 0.493 e. The zero-order valence-electron chi connectivity index (χ0n) is 16.1. The number of sulfonamides is 1. The predicted molar refractivity (Wildman–Crippen MR) is 106 cm³/mol. The van der Waals surface area contributed by atoms with Crippen molar-refractivity contribution in [3.05, 3.63) is 59.7 Å². The lowest BCUT2D eigenvalue weighted by Gasteiger charge is -2.27. The number of benzene rings is 2. The lowest BCUT2D eigenvalue weighted by Crippen LogP contribution is -2.45. The summed E-state index contributed by atoms with van der Waals surface area (Å²) < 4.78 is 39.4. The van der Waals surface area contributed by atoms with Crippen LogP contribution >= 0.6 is 0 Å². The Kier molecular flexibility index (Phi) is 5.89. The molecule has 0 heterocycles. The average molecular weight is 390 g/mol. The molecule has 0 aliphatic heterocycles. The highest BCUT2D eigenvalue weighted by Crippen LogP contribution is 2.32. The molecule has 1 aliphatic carbocycles. The number of methoxy groups -OCH3 is 1. The van der Waals surface area contributed by atoms with Crippen LogP contribution in [0, 0.1) is 5.92 Å². The lowest BCUT2D eigenvalue weighted by molar-refractivity contribution is 0.00378. The number of hydrogen-bond acceptors (Lipinski definition) is 4. The molecule has 2 aromatic carbocycles. The summed E-state index contributed by atoms with van der Waals surface area (Å²) in [5, 5.41) is 0. The van der Waals surface area contributed by atoms with Gasteiger partial charge in [-0.2, -0.15) is 0 Å². The fraction of sp³-hybridized carbons (Fsp3) is 0.429. The van der Waals surface area contributed by atoms with E-state index < -0.39 is 15.6 Å². The quantitative estimate of drug-likeness (QED) is 0.753. The maximum absolute atomic E-state index is 12.7. The molecular formula is C21H27NO4S. The van der Waals surface area contributed by atoms with Gasteiger partial charge in [0.2, 0.25) is 10.0 Å². The van der Waals surface area contributed by atoms with Gasteiger partial charge in [-0.15, -0.1) is 0 Å². The van der Waals surface area contributed by atoms with Crippen LogP contribution in [0.5, 0.6) is 5.75 Å². The summed E-state index contributed by atoms with van der Waals surface area (Å²) >= 11 is 0. The van der Waals surface area contributed by atoms with E-state index in [0.717, 1.165) is 0 Å². The summed E-state index contributed by atoms with van der Waals surface area (Å²) in [5.74, 6) is 1.08. The van der Waals surface area contributed by atoms with E-state index in [-0.39, 0.29) is 11.4 Å². The molecule has 146 valence electrons. The Balaban J connectivity index is 1.66. The van der Waals surface area contributed by atoms with Crippen LogP contribution < -0.4 is 9.46 Å². The van der Waals surface area contributed by atoms with Crippen LogP contribution in [-0.4, -0.2) is 34.3 Å². The Bertz CT molecular complexity index is 850. The number of hydrogen-bond donors (Lipinski definition) is 1. The molecule has 0 spiro atoms. The normalized spacial score (nSPS) is 15.7. The second-order valence-electron chi connectivity index (χ2n) is 7.51. The Morgan fingerprint density at radius 3 is 2.15 bits per heavy atom. The molecule has 5 nitrogen and oxygen atoms in total. The maximum Gasteiger partial charge on any atom is 0.240 e. The molecule has 0 saturated heterocycles. The van der Waals surface area contributed by atoms with Gasteiger partial charge in [-0.05, 0) is 41.3 Å². The molecule has 0 fully saturated rings. The Morgan fingerprint density at radius 1 is 1.04 bits per heavy atom. The zero-order chi connectivity index (χ0) is 19.5. The molecule has 0 saturated carbocycles. The van der Waals surface area contributed by atoms with Gasteiger partial charge in [0.25, 0.3) is 0 Å². The van der Waals surface area contributed by atoms with Crippen LogP contribution in [0.25, 0.3) is 0 Å². The van der Waals surface area contributed by atoms with Crippen LogP contribution in [0.2, 0.25) is 0 Å². The van der Waals surface area contributed by atoms with Crippen LogP contribution in [0.15, 0.2) is 53.4 Å². The van der Waals surface area contributed by atoms with Crippen LogP contribution in [0.4, 0.5) is 0 Å². The van der Waals surface area contributed by atoms with Gasteiger partial charge in [-0.1, -0.05) is 38.1 Å². The van der Waals surface area contributed by atoms with Gasteiger partial charge in [0.15, 0.2) is 0 Å². The summed E-state index contributed by atoms with van der Waals surface area (Å²) in [7, 11) is -1.98. The van der Waals surface area contributed by atoms with Crippen molar-refractivity contribution in [3.8, 4) is 5.75 Å². The van der Waals surface area contributed by atoms with Crippen molar-refractivity contribution in [2.75, 3.05) is 20.3 Å². The molecule has 1 N–H and O–H groups in total. The van der Waals surface area contributed by atoms with Gasteiger partial charge in [-0.3, -0.25) is 0 Å². The number of fused-ring (bicyclic) bond motifs is 1. The summed E-state index contributed by atoms with van der Waals surface area (Å²) in [6, 6.07) is 14.7. The first-order valence-electron chi connectivity index (χ1n) is 9.18. The second-order valence-corrected chi connectivity index (χ2v) is 9.28. The van der Waals surface area contributed by atoms with Gasteiger partial charge in [-0.25, -0.2) is 13.1 Å². The Labute approximate surface area is 161 Å². The maximum atomic E-state index is 12.7. The molecule has 1 aliphatic rings. The topological polar surface area (TPSA) is 64.6 Å². The molecule has 3 rings (SSSR count). The second kappa shape index (κ2) is 8.00. The molecule has 0 amide bonds.